The molecule has 3 amide bonds. The Balaban J connectivity index is 1.64. The van der Waals surface area contributed by atoms with Crippen molar-refractivity contribution in [2.45, 2.75) is 32.9 Å². The topological polar surface area (TPSA) is 121 Å². The Labute approximate surface area is 161 Å². The minimum Gasteiger partial charge on any atom is -0.447 e. The predicted molar refractivity (Wildman–Crippen MR) is 106 cm³/mol. The fourth-order valence-electron chi connectivity index (χ4n) is 2.59. The second-order valence-corrected chi connectivity index (χ2v) is 6.50. The van der Waals surface area contributed by atoms with Gasteiger partial charge in [-0.15, -0.1) is 0 Å². The highest BCUT2D eigenvalue weighted by molar-refractivity contribution is 5.98. The van der Waals surface area contributed by atoms with Crippen molar-refractivity contribution in [1.29, 1.82) is 0 Å². The Morgan fingerprint density at radius 1 is 1.11 bits per heavy atom. The van der Waals surface area contributed by atoms with Crippen LogP contribution in [0.5, 0.6) is 0 Å². The molecule has 1 atom stereocenters. The molecule has 0 unspecified atom stereocenters. The van der Waals surface area contributed by atoms with E-state index in [9.17, 15) is 9.59 Å². The van der Waals surface area contributed by atoms with Crippen molar-refractivity contribution in [1.82, 2.24) is 20.5 Å². The number of urea groups is 1. The lowest BCUT2D eigenvalue weighted by Gasteiger charge is -2.14. The number of aromatic amines is 1. The lowest BCUT2D eigenvalue weighted by Crippen LogP contribution is -2.31. The number of benzene rings is 1. The fraction of sp³-hybridized carbons (Fsp3) is 0.263. The zero-order valence-electron chi connectivity index (χ0n) is 15.8. The minimum absolute atomic E-state index is 0.153. The highest BCUT2D eigenvalue weighted by Gasteiger charge is 2.14. The summed E-state index contributed by atoms with van der Waals surface area (Å²) < 4.78 is 5.03. The van der Waals surface area contributed by atoms with Gasteiger partial charge in [0.05, 0.1) is 23.0 Å². The number of amides is 3. The molecule has 0 saturated heterocycles. The quantitative estimate of drug-likeness (QED) is 0.535. The van der Waals surface area contributed by atoms with E-state index in [1.165, 1.54) is 6.20 Å². The molecule has 2 aromatic heterocycles. The summed E-state index contributed by atoms with van der Waals surface area (Å²) >= 11 is 0. The van der Waals surface area contributed by atoms with Crippen molar-refractivity contribution in [2.75, 3.05) is 10.6 Å². The number of ether oxygens (including phenoxy) is 1. The third kappa shape index (κ3) is 4.76. The van der Waals surface area contributed by atoms with E-state index >= 15 is 0 Å². The number of nitrogens with zero attached hydrogens (tertiary/aromatic N) is 2. The third-order valence-electron chi connectivity index (χ3n) is 3.90. The molecule has 146 valence electrons. The third-order valence-corrected chi connectivity index (χ3v) is 3.90. The number of carbonyl (C=O) groups is 2. The van der Waals surface area contributed by atoms with Crippen molar-refractivity contribution in [3.8, 4) is 0 Å². The molecular weight excluding hydrogens is 360 g/mol. The van der Waals surface area contributed by atoms with Gasteiger partial charge in [-0.25, -0.2) is 14.6 Å². The number of anilines is 2. The van der Waals surface area contributed by atoms with Crippen LogP contribution in [0.4, 0.5) is 21.2 Å². The lowest BCUT2D eigenvalue weighted by atomic mass is 10.1. The maximum atomic E-state index is 12.2. The summed E-state index contributed by atoms with van der Waals surface area (Å²) in [6.45, 7) is 5.41. The minimum atomic E-state index is -0.597. The van der Waals surface area contributed by atoms with E-state index in [4.69, 9.17) is 4.74 Å². The number of aromatic nitrogens is 3. The van der Waals surface area contributed by atoms with Crippen LogP contribution in [0.1, 0.15) is 32.4 Å². The van der Waals surface area contributed by atoms with E-state index in [1.807, 2.05) is 37.3 Å². The number of fused-ring (bicyclic) bond motifs is 1. The molecule has 0 aliphatic carbocycles. The molecule has 0 saturated carbocycles. The van der Waals surface area contributed by atoms with Crippen molar-refractivity contribution < 1.29 is 14.3 Å². The van der Waals surface area contributed by atoms with Gasteiger partial charge >= 0.3 is 12.1 Å². The molecule has 28 heavy (non-hydrogen) atoms. The summed E-state index contributed by atoms with van der Waals surface area (Å²) in [4.78, 5) is 28.2. The van der Waals surface area contributed by atoms with Gasteiger partial charge in [0.2, 0.25) is 0 Å². The van der Waals surface area contributed by atoms with E-state index in [0.29, 0.717) is 22.5 Å². The molecule has 3 rings (SSSR count). The van der Waals surface area contributed by atoms with Crippen LogP contribution in [0.15, 0.2) is 42.6 Å². The van der Waals surface area contributed by atoms with Crippen LogP contribution < -0.4 is 16.0 Å². The van der Waals surface area contributed by atoms with Crippen molar-refractivity contribution in [2.24, 2.45) is 0 Å². The smallest absolute Gasteiger partial charge is 0.413 e. The van der Waals surface area contributed by atoms with Crippen molar-refractivity contribution in [3.05, 3.63) is 48.2 Å². The summed E-state index contributed by atoms with van der Waals surface area (Å²) in [6, 6.07) is 10.8. The van der Waals surface area contributed by atoms with E-state index in [0.717, 1.165) is 5.56 Å². The molecule has 4 N–H and O–H groups in total. The average Bonchev–Trinajstić information content (AvgIpc) is 3.03. The first-order valence-corrected chi connectivity index (χ1v) is 8.86. The summed E-state index contributed by atoms with van der Waals surface area (Å²) in [5.74, 6) is 0.659. The Kier molecular flexibility index (Phi) is 5.73. The number of hydrogen-bond donors (Lipinski definition) is 4. The predicted octanol–water partition coefficient (Wildman–Crippen LogP) is 3.80. The van der Waals surface area contributed by atoms with Gasteiger partial charge in [0, 0.05) is 12.3 Å². The van der Waals surface area contributed by atoms with E-state index in [2.05, 4.69) is 31.1 Å². The molecular formula is C19H22N6O3. The van der Waals surface area contributed by atoms with Crippen LogP contribution in [0, 0.1) is 0 Å². The number of carbonyl (C=O) groups excluding carboxylic acids is 2. The fourth-order valence-corrected chi connectivity index (χ4v) is 2.59. The SMILES string of the molecule is CC(C)OC(=O)Nc1n[nH]c2cc(NC(=O)N[C@H](C)c3ccccc3)ncc12. The maximum Gasteiger partial charge on any atom is 0.413 e. The van der Waals surface area contributed by atoms with Gasteiger partial charge in [0.25, 0.3) is 0 Å². The number of pyridine rings is 1. The van der Waals surface area contributed by atoms with Crippen LogP contribution in [0.2, 0.25) is 0 Å². The normalized spacial score (nSPS) is 11.9. The molecule has 0 fully saturated rings. The van der Waals surface area contributed by atoms with E-state index in [1.54, 1.807) is 19.9 Å². The molecule has 9 heteroatoms. The van der Waals surface area contributed by atoms with Gasteiger partial charge < -0.3 is 10.1 Å². The largest absolute Gasteiger partial charge is 0.447 e. The van der Waals surface area contributed by atoms with Crippen LogP contribution in [-0.4, -0.2) is 33.4 Å². The second kappa shape index (κ2) is 8.38. The maximum absolute atomic E-state index is 12.2. The van der Waals surface area contributed by atoms with Gasteiger partial charge in [-0.2, -0.15) is 5.10 Å². The highest BCUT2D eigenvalue weighted by Crippen LogP contribution is 2.22. The van der Waals surface area contributed by atoms with E-state index < -0.39 is 6.09 Å². The molecule has 0 spiro atoms. The lowest BCUT2D eigenvalue weighted by molar-refractivity contribution is 0.130. The summed E-state index contributed by atoms with van der Waals surface area (Å²) in [6.07, 6.45) is 0.677. The monoisotopic (exact) mass is 382 g/mol. The number of H-pyrrole nitrogens is 1. The Bertz CT molecular complexity index is 970. The molecule has 3 aromatic rings. The van der Waals surface area contributed by atoms with Crippen molar-refractivity contribution in [3.63, 3.8) is 0 Å². The van der Waals surface area contributed by atoms with Gasteiger partial charge in [-0.1, -0.05) is 30.3 Å². The Morgan fingerprint density at radius 3 is 2.57 bits per heavy atom. The average molecular weight is 382 g/mol. The molecule has 0 radical (unpaired) electrons. The zero-order valence-corrected chi connectivity index (χ0v) is 15.8. The van der Waals surface area contributed by atoms with Crippen LogP contribution in [-0.2, 0) is 4.74 Å². The zero-order chi connectivity index (χ0) is 20.1. The summed E-state index contributed by atoms with van der Waals surface area (Å²) in [7, 11) is 0. The van der Waals surface area contributed by atoms with Crippen molar-refractivity contribution >= 4 is 34.7 Å². The summed E-state index contributed by atoms with van der Waals surface area (Å²) in [5, 5.41) is 15.5. The first-order chi connectivity index (χ1) is 13.4. The Hall–Kier alpha value is -3.62. The highest BCUT2D eigenvalue weighted by atomic mass is 16.6. The molecule has 0 bridgehead atoms. The second-order valence-electron chi connectivity index (χ2n) is 6.50. The number of rotatable bonds is 5. The standard InChI is InChI=1S/C19H22N6O3/c1-11(2)28-19(27)23-17-14-10-20-16(9-15(14)24-25-17)22-18(26)21-12(3)13-7-5-4-6-8-13/h4-12H,1-3H3,(H2,20,21,22,26)(H2,23,24,25,27)/t12-/m1/s1. The molecule has 0 aliphatic rings. The van der Waals surface area contributed by atoms with Crippen LogP contribution in [0.3, 0.4) is 0 Å². The Morgan fingerprint density at radius 2 is 1.86 bits per heavy atom. The van der Waals surface area contributed by atoms with E-state index in [-0.39, 0.29) is 18.2 Å². The number of hydrogen-bond acceptors (Lipinski definition) is 5. The molecule has 0 aliphatic heterocycles. The van der Waals surface area contributed by atoms with Crippen LogP contribution in [0.25, 0.3) is 10.9 Å². The summed E-state index contributed by atoms with van der Waals surface area (Å²) in [5.41, 5.74) is 1.61. The van der Waals surface area contributed by atoms with Gasteiger partial charge in [-0.05, 0) is 26.3 Å². The first-order valence-electron chi connectivity index (χ1n) is 8.86. The van der Waals surface area contributed by atoms with Crippen LogP contribution >= 0.6 is 0 Å². The van der Waals surface area contributed by atoms with Gasteiger partial charge in [0.15, 0.2) is 5.82 Å². The number of nitrogens with one attached hydrogen (secondary N) is 4. The van der Waals surface area contributed by atoms with Gasteiger partial charge in [-0.3, -0.25) is 15.7 Å². The molecule has 2 heterocycles. The van der Waals surface area contributed by atoms with Gasteiger partial charge in [0.1, 0.15) is 5.82 Å². The molecule has 1 aromatic carbocycles. The first kappa shape index (κ1) is 19.2. The molecule has 9 nitrogen and oxygen atoms in total.